The van der Waals surface area contributed by atoms with Gasteiger partial charge in [-0.25, -0.2) is 0 Å². The summed E-state index contributed by atoms with van der Waals surface area (Å²) in [6.07, 6.45) is -2.05. The summed E-state index contributed by atoms with van der Waals surface area (Å²) in [5.41, 5.74) is 0. The average Bonchev–Trinajstić information content (AvgIpc) is 3.15. The Morgan fingerprint density at radius 3 is 1.93 bits per heavy atom. The maximum Gasteiger partial charge on any atom is 0.261 e. The van der Waals surface area contributed by atoms with E-state index < -0.39 is 32.6 Å². The number of carbonyl (C=O) groups is 1. The Morgan fingerprint density at radius 1 is 0.933 bits per heavy atom. The van der Waals surface area contributed by atoms with Crippen LogP contribution in [0.1, 0.15) is 34.6 Å². The van der Waals surface area contributed by atoms with Crippen LogP contribution < -0.4 is 10.4 Å². The third-order valence-electron chi connectivity index (χ3n) is 5.82. The summed E-state index contributed by atoms with van der Waals surface area (Å²) in [7, 11) is -2.72. The lowest BCUT2D eigenvalue weighted by atomic mass is 10.2. The van der Waals surface area contributed by atoms with E-state index in [0.29, 0.717) is 0 Å². The molecule has 2 aromatic carbocycles. The highest BCUT2D eigenvalue weighted by atomic mass is 28.4. The first-order valence-corrected chi connectivity index (χ1v) is 12.3. The SMILES string of the molecule is CC1(C)O[C@@H]2O[C@H](CO[Si](c3ccccc3)(c3ccccc3)C(C)(C)C)C(=O)[C@@H]2O1. The van der Waals surface area contributed by atoms with E-state index in [1.54, 1.807) is 13.8 Å². The van der Waals surface area contributed by atoms with Crippen LogP contribution in [0, 0.1) is 0 Å². The number of rotatable bonds is 5. The topological polar surface area (TPSA) is 54.0 Å². The summed E-state index contributed by atoms with van der Waals surface area (Å²) in [4.78, 5) is 12.9. The number of ether oxygens (including phenoxy) is 3. The van der Waals surface area contributed by atoms with E-state index in [1.807, 2.05) is 36.4 Å². The van der Waals surface area contributed by atoms with Crippen LogP contribution in [0.3, 0.4) is 0 Å². The van der Waals surface area contributed by atoms with Gasteiger partial charge in [0.05, 0.1) is 6.61 Å². The van der Waals surface area contributed by atoms with Crippen LogP contribution in [0.5, 0.6) is 0 Å². The number of carbonyl (C=O) groups excluding carboxylic acids is 1. The number of hydrogen-bond acceptors (Lipinski definition) is 5. The fourth-order valence-corrected chi connectivity index (χ4v) is 9.07. The summed E-state index contributed by atoms with van der Waals surface area (Å²) >= 11 is 0. The number of fused-ring (bicyclic) bond motifs is 1. The second-order valence-electron chi connectivity index (χ2n) is 9.43. The molecule has 0 aromatic heterocycles. The molecule has 2 saturated heterocycles. The van der Waals surface area contributed by atoms with E-state index in [2.05, 4.69) is 45.0 Å². The molecule has 0 N–H and O–H groups in total. The van der Waals surface area contributed by atoms with Crippen molar-refractivity contribution in [3.05, 3.63) is 60.7 Å². The maximum atomic E-state index is 12.9. The fraction of sp³-hybridized carbons (Fsp3) is 0.458. The van der Waals surface area contributed by atoms with Gasteiger partial charge in [0, 0.05) is 0 Å². The largest absolute Gasteiger partial charge is 0.404 e. The van der Waals surface area contributed by atoms with Crippen molar-refractivity contribution in [1.29, 1.82) is 0 Å². The predicted molar refractivity (Wildman–Crippen MR) is 117 cm³/mol. The summed E-state index contributed by atoms with van der Waals surface area (Å²) < 4.78 is 24.2. The molecular weight excluding hydrogens is 396 g/mol. The molecular formula is C24H30O5Si. The summed E-state index contributed by atoms with van der Waals surface area (Å²) in [5.74, 6) is -0.919. The van der Waals surface area contributed by atoms with Gasteiger partial charge in [-0.3, -0.25) is 4.79 Å². The minimum Gasteiger partial charge on any atom is -0.404 e. The molecule has 4 rings (SSSR count). The number of benzene rings is 2. The lowest BCUT2D eigenvalue weighted by molar-refractivity contribution is -0.206. The minimum atomic E-state index is -2.72. The van der Waals surface area contributed by atoms with Gasteiger partial charge in [0.15, 0.2) is 24.0 Å². The molecule has 2 aliphatic rings. The van der Waals surface area contributed by atoms with Crippen molar-refractivity contribution in [1.82, 2.24) is 0 Å². The fourth-order valence-electron chi connectivity index (χ4n) is 4.52. The molecule has 3 atom stereocenters. The van der Waals surface area contributed by atoms with Gasteiger partial charge >= 0.3 is 0 Å². The Bertz CT molecular complexity index is 851. The van der Waals surface area contributed by atoms with E-state index in [0.717, 1.165) is 0 Å². The van der Waals surface area contributed by atoms with Crippen LogP contribution in [0.15, 0.2) is 60.7 Å². The van der Waals surface area contributed by atoms with Gasteiger partial charge in [0.2, 0.25) is 0 Å². The van der Waals surface area contributed by atoms with Crippen LogP contribution in [0.4, 0.5) is 0 Å². The highest BCUT2D eigenvalue weighted by Crippen LogP contribution is 2.39. The van der Waals surface area contributed by atoms with Crippen LogP contribution in [0.25, 0.3) is 0 Å². The number of ketones is 1. The van der Waals surface area contributed by atoms with E-state index in [1.165, 1.54) is 10.4 Å². The molecule has 0 amide bonds. The molecule has 0 unspecified atom stereocenters. The standard InChI is InChI=1S/C24H30O5Si/c1-23(2,3)30(17-12-8-6-9-13-17,18-14-10-7-11-15-18)26-16-19-20(25)21-22(27-19)29-24(4,5)28-21/h6-15,19,21-22H,16H2,1-5H3/t19-,21+,22+/m1/s1. The smallest absolute Gasteiger partial charge is 0.261 e. The Kier molecular flexibility index (Phi) is 5.49. The first-order chi connectivity index (χ1) is 14.1. The van der Waals surface area contributed by atoms with Crippen LogP contribution in [0.2, 0.25) is 5.04 Å². The summed E-state index contributed by atoms with van der Waals surface area (Å²) in [6, 6.07) is 20.7. The number of Topliss-reactive ketones (excluding diaryl/α,β-unsaturated/α-hetero) is 1. The third kappa shape index (κ3) is 3.67. The molecule has 2 aromatic rings. The zero-order chi connectivity index (χ0) is 21.6. The van der Waals surface area contributed by atoms with Crippen molar-refractivity contribution in [2.45, 2.75) is 63.9 Å². The third-order valence-corrected chi connectivity index (χ3v) is 10.8. The summed E-state index contributed by atoms with van der Waals surface area (Å²) in [6.45, 7) is 10.4. The molecule has 0 spiro atoms. The highest BCUT2D eigenvalue weighted by molar-refractivity contribution is 6.99. The minimum absolute atomic E-state index is 0.108. The van der Waals surface area contributed by atoms with Crippen molar-refractivity contribution in [3.8, 4) is 0 Å². The van der Waals surface area contributed by atoms with Crippen molar-refractivity contribution < 1.29 is 23.4 Å². The van der Waals surface area contributed by atoms with E-state index >= 15 is 0 Å². The van der Waals surface area contributed by atoms with Gasteiger partial charge in [0.25, 0.3) is 8.32 Å². The predicted octanol–water partition coefficient (Wildman–Crippen LogP) is 3.01. The molecule has 2 aliphatic heterocycles. The monoisotopic (exact) mass is 426 g/mol. The van der Waals surface area contributed by atoms with Gasteiger partial charge in [-0.05, 0) is 29.3 Å². The first-order valence-electron chi connectivity index (χ1n) is 10.4. The molecule has 0 saturated carbocycles. The normalized spacial score (nSPS) is 26.0. The van der Waals surface area contributed by atoms with Gasteiger partial charge in [0.1, 0.15) is 6.10 Å². The average molecular weight is 427 g/mol. The van der Waals surface area contributed by atoms with Crippen LogP contribution >= 0.6 is 0 Å². The summed E-state index contributed by atoms with van der Waals surface area (Å²) in [5, 5.41) is 2.17. The van der Waals surface area contributed by atoms with Gasteiger partial charge in [-0.15, -0.1) is 0 Å². The number of hydrogen-bond donors (Lipinski definition) is 0. The van der Waals surface area contributed by atoms with E-state index in [9.17, 15) is 4.79 Å². The Morgan fingerprint density at radius 2 is 1.47 bits per heavy atom. The molecule has 2 heterocycles. The van der Waals surface area contributed by atoms with Gasteiger partial charge < -0.3 is 18.6 Å². The molecule has 160 valence electrons. The molecule has 0 bridgehead atoms. The second kappa shape index (κ2) is 7.69. The maximum absolute atomic E-state index is 12.9. The van der Waals surface area contributed by atoms with Crippen molar-refractivity contribution in [2.75, 3.05) is 6.61 Å². The molecule has 0 radical (unpaired) electrons. The Hall–Kier alpha value is -1.83. The molecule has 2 fully saturated rings. The van der Waals surface area contributed by atoms with Crippen molar-refractivity contribution in [2.24, 2.45) is 0 Å². The molecule has 0 aliphatic carbocycles. The lowest BCUT2D eigenvalue weighted by Crippen LogP contribution is -2.67. The van der Waals surface area contributed by atoms with Gasteiger partial charge in [-0.1, -0.05) is 81.4 Å². The highest BCUT2D eigenvalue weighted by Gasteiger charge is 2.56. The second-order valence-corrected chi connectivity index (χ2v) is 13.7. The van der Waals surface area contributed by atoms with E-state index in [-0.39, 0.29) is 17.4 Å². The Labute approximate surface area is 179 Å². The lowest BCUT2D eigenvalue weighted by Gasteiger charge is -2.43. The van der Waals surface area contributed by atoms with Crippen LogP contribution in [-0.4, -0.2) is 45.0 Å². The van der Waals surface area contributed by atoms with Crippen LogP contribution in [-0.2, 0) is 23.4 Å². The van der Waals surface area contributed by atoms with Gasteiger partial charge in [-0.2, -0.15) is 0 Å². The molecule has 5 nitrogen and oxygen atoms in total. The van der Waals surface area contributed by atoms with Crippen molar-refractivity contribution >= 4 is 24.5 Å². The Balaban J connectivity index is 1.66. The molecule has 6 heteroatoms. The van der Waals surface area contributed by atoms with Crippen molar-refractivity contribution in [3.63, 3.8) is 0 Å². The first kappa shape index (κ1) is 21.4. The zero-order valence-corrected chi connectivity index (χ0v) is 19.3. The quantitative estimate of drug-likeness (QED) is 0.688. The molecule has 30 heavy (non-hydrogen) atoms. The zero-order valence-electron chi connectivity index (χ0n) is 18.3. The van der Waals surface area contributed by atoms with E-state index in [4.69, 9.17) is 18.6 Å².